The van der Waals surface area contributed by atoms with E-state index in [1.807, 2.05) is 0 Å². The molecule has 36 heavy (non-hydrogen) atoms. The Morgan fingerprint density at radius 2 is 2.03 bits per heavy atom. The fourth-order valence-corrected chi connectivity index (χ4v) is 4.36. The van der Waals surface area contributed by atoms with E-state index in [0.717, 1.165) is 21.3 Å². The van der Waals surface area contributed by atoms with E-state index in [2.05, 4.69) is 38.3 Å². The maximum absolute atomic E-state index is 13.3. The Morgan fingerprint density at radius 1 is 1.28 bits per heavy atom. The number of aryl methyl sites for hydroxylation is 1. The molecule has 0 aliphatic heterocycles. The van der Waals surface area contributed by atoms with Crippen LogP contribution >= 0.6 is 28.5 Å². The van der Waals surface area contributed by atoms with Crippen LogP contribution in [0.1, 0.15) is 22.6 Å². The van der Waals surface area contributed by atoms with Gasteiger partial charge in [-0.25, -0.2) is 9.78 Å². The Morgan fingerprint density at radius 3 is 2.69 bits per heavy atom. The number of halogens is 4. The molecule has 0 bridgehead atoms. The lowest BCUT2D eigenvalue weighted by molar-refractivity contribution is -0.274. The number of fused-ring (bicyclic) bond motifs is 1. The van der Waals surface area contributed by atoms with Gasteiger partial charge in [0.05, 0.1) is 13.1 Å². The fraction of sp³-hybridized carbons (Fsp3) is 0.273. The largest absolute Gasteiger partial charge is 0.573 e. The van der Waals surface area contributed by atoms with Crippen molar-refractivity contribution in [2.24, 2.45) is 7.05 Å². The van der Waals surface area contributed by atoms with Crippen molar-refractivity contribution in [2.45, 2.75) is 25.9 Å². The highest BCUT2D eigenvalue weighted by molar-refractivity contribution is 14.2. The van der Waals surface area contributed by atoms with E-state index in [0.29, 0.717) is 13.0 Å². The Hall–Kier alpha value is -2.77. The van der Waals surface area contributed by atoms with Crippen LogP contribution in [-0.2, 0) is 24.7 Å². The van der Waals surface area contributed by atoms with Gasteiger partial charge in [-0.15, -0.1) is 13.2 Å². The smallest absolute Gasteiger partial charge is 0.406 e. The highest BCUT2D eigenvalue weighted by atomic mass is 127. The number of nitrogens with zero attached hydrogens (tertiary/aromatic N) is 4. The van der Waals surface area contributed by atoms with Crippen molar-refractivity contribution in [3.05, 3.63) is 81.3 Å². The molecule has 1 unspecified atom stereocenters. The summed E-state index contributed by atoms with van der Waals surface area (Å²) in [5, 5.41) is 0. The van der Waals surface area contributed by atoms with Gasteiger partial charge in [0.1, 0.15) is 5.75 Å². The quantitative estimate of drug-likeness (QED) is 0.103. The first kappa shape index (κ1) is 27.8. The molecule has 0 fully saturated rings. The lowest BCUT2D eigenvalue weighted by Crippen LogP contribution is -2.39. The van der Waals surface area contributed by atoms with Gasteiger partial charge in [-0.05, 0) is 40.6 Å². The zero-order chi connectivity index (χ0) is 26.5. The maximum atomic E-state index is 13.3. The zero-order valence-corrected chi connectivity index (χ0v) is 22.1. The molecule has 0 radical (unpaired) electrons. The molecule has 0 amide bonds. The van der Waals surface area contributed by atoms with Gasteiger partial charge in [0.25, 0.3) is 5.56 Å². The van der Waals surface area contributed by atoms with Crippen LogP contribution in [-0.4, -0.2) is 37.4 Å². The SMILES string of the molecule is C=C/C=C/Cn1c(C(=O)c2cccc(OC(F)(F)F)c2)nc2c1c(=O)n(CCCOPI)c(=O)n2C. The number of hydrogen-bond acceptors (Lipinski definition) is 6. The molecular formula is C22H21F3IN4O5P. The molecule has 0 aliphatic rings. The number of aromatic nitrogens is 4. The third-order valence-corrected chi connectivity index (χ3v) is 6.26. The van der Waals surface area contributed by atoms with Gasteiger partial charge < -0.3 is 13.8 Å². The fourth-order valence-electron chi connectivity index (χ4n) is 3.48. The number of alkyl halides is 3. The average molecular weight is 636 g/mol. The van der Waals surface area contributed by atoms with Crippen LogP contribution in [0.2, 0.25) is 0 Å². The number of rotatable bonds is 11. The second kappa shape index (κ2) is 12.0. The molecule has 1 aromatic carbocycles. The molecule has 0 saturated heterocycles. The van der Waals surface area contributed by atoms with E-state index >= 15 is 0 Å². The summed E-state index contributed by atoms with van der Waals surface area (Å²) in [7, 11) is 1.42. The Bertz CT molecular complexity index is 1430. The second-order valence-corrected chi connectivity index (χ2v) is 9.13. The summed E-state index contributed by atoms with van der Waals surface area (Å²) in [5.41, 5.74) is -1.41. The van der Waals surface area contributed by atoms with Crippen LogP contribution in [0, 0.1) is 0 Å². The van der Waals surface area contributed by atoms with Crippen molar-refractivity contribution in [3.63, 3.8) is 0 Å². The van der Waals surface area contributed by atoms with Crippen LogP contribution in [0.3, 0.4) is 0 Å². The predicted molar refractivity (Wildman–Crippen MR) is 138 cm³/mol. The number of ketones is 1. The molecule has 3 rings (SSSR count). The lowest BCUT2D eigenvalue weighted by Gasteiger charge is -2.11. The molecule has 2 heterocycles. The molecule has 0 N–H and O–H groups in total. The van der Waals surface area contributed by atoms with E-state index in [4.69, 9.17) is 4.52 Å². The highest BCUT2D eigenvalue weighted by Crippen LogP contribution is 2.25. The van der Waals surface area contributed by atoms with Crippen molar-refractivity contribution in [1.82, 2.24) is 18.7 Å². The number of carbonyl (C=O) groups is 1. The van der Waals surface area contributed by atoms with Crippen LogP contribution < -0.4 is 16.0 Å². The van der Waals surface area contributed by atoms with Crippen molar-refractivity contribution in [2.75, 3.05) is 6.61 Å². The molecule has 1 atom stereocenters. The van der Waals surface area contributed by atoms with E-state index in [9.17, 15) is 27.6 Å². The summed E-state index contributed by atoms with van der Waals surface area (Å²) in [4.78, 5) is 43.8. The molecule has 3 aromatic rings. The van der Waals surface area contributed by atoms with Crippen molar-refractivity contribution >= 4 is 45.4 Å². The van der Waals surface area contributed by atoms with Gasteiger partial charge >= 0.3 is 12.1 Å². The molecule has 0 spiro atoms. The average Bonchev–Trinajstić information content (AvgIpc) is 3.20. The molecule has 0 saturated carbocycles. The number of carbonyl (C=O) groups excluding carboxylic acids is 1. The summed E-state index contributed by atoms with van der Waals surface area (Å²) in [6, 6.07) is 4.54. The minimum Gasteiger partial charge on any atom is -0.406 e. The number of imidazole rings is 1. The number of ether oxygens (including phenoxy) is 1. The molecule has 192 valence electrons. The van der Waals surface area contributed by atoms with E-state index < -0.39 is 29.1 Å². The zero-order valence-electron chi connectivity index (χ0n) is 18.9. The lowest BCUT2D eigenvalue weighted by atomic mass is 10.1. The van der Waals surface area contributed by atoms with E-state index in [-0.39, 0.29) is 42.1 Å². The number of allylic oxidation sites excluding steroid dienone is 3. The first-order chi connectivity index (χ1) is 17.1. The van der Waals surface area contributed by atoms with Crippen LogP contribution in [0.5, 0.6) is 5.75 Å². The Labute approximate surface area is 217 Å². The third-order valence-electron chi connectivity index (χ3n) is 5.01. The third kappa shape index (κ3) is 6.31. The highest BCUT2D eigenvalue weighted by Gasteiger charge is 2.31. The molecule has 0 aliphatic carbocycles. The van der Waals surface area contributed by atoms with Gasteiger partial charge in [-0.3, -0.25) is 18.7 Å². The second-order valence-electron chi connectivity index (χ2n) is 7.36. The first-order valence-corrected chi connectivity index (χ1v) is 14.5. The van der Waals surface area contributed by atoms with Crippen molar-refractivity contribution in [1.29, 1.82) is 0 Å². The predicted octanol–water partition coefficient (Wildman–Crippen LogP) is 4.12. The van der Waals surface area contributed by atoms with E-state index in [1.165, 1.54) is 29.8 Å². The van der Waals surface area contributed by atoms with Crippen molar-refractivity contribution in [3.8, 4) is 5.75 Å². The van der Waals surface area contributed by atoms with Gasteiger partial charge in [0.2, 0.25) is 5.78 Å². The van der Waals surface area contributed by atoms with Gasteiger partial charge in [0, 0.05) is 25.7 Å². The first-order valence-electron chi connectivity index (χ1n) is 10.4. The normalized spacial score (nSPS) is 12.2. The van der Waals surface area contributed by atoms with E-state index in [1.54, 1.807) is 12.2 Å². The summed E-state index contributed by atoms with van der Waals surface area (Å²) < 4.78 is 50.7. The molecular weight excluding hydrogens is 615 g/mol. The summed E-state index contributed by atoms with van der Waals surface area (Å²) >= 11 is 2.06. The summed E-state index contributed by atoms with van der Waals surface area (Å²) in [5.74, 6) is -1.55. The summed E-state index contributed by atoms with van der Waals surface area (Å²) in [6.07, 6.45) is 0.202. The molecule has 9 nitrogen and oxygen atoms in total. The van der Waals surface area contributed by atoms with Crippen molar-refractivity contribution < 1.29 is 27.2 Å². The van der Waals surface area contributed by atoms with Gasteiger partial charge in [-0.1, -0.05) is 36.9 Å². The minimum atomic E-state index is -4.93. The van der Waals surface area contributed by atoms with Gasteiger partial charge in [0.15, 0.2) is 17.0 Å². The van der Waals surface area contributed by atoms with Crippen LogP contribution in [0.15, 0.2) is 58.7 Å². The minimum absolute atomic E-state index is 0.00791. The monoisotopic (exact) mass is 636 g/mol. The molecule has 14 heteroatoms. The Kier molecular flexibility index (Phi) is 9.25. The molecule has 2 aromatic heterocycles. The number of hydrogen-bond donors (Lipinski definition) is 0. The van der Waals surface area contributed by atoms with Gasteiger partial charge in [-0.2, -0.15) is 0 Å². The summed E-state index contributed by atoms with van der Waals surface area (Å²) in [6.45, 7) is 4.30. The van der Waals surface area contributed by atoms with Crippen LogP contribution in [0.4, 0.5) is 13.2 Å². The number of benzene rings is 1. The maximum Gasteiger partial charge on any atom is 0.573 e. The Balaban J connectivity index is 2.17. The topological polar surface area (TPSA) is 97.4 Å². The standard InChI is InChI=1S/C22H21F3IN4O5P/c1-3-4-5-10-29-16-18(28(2)21(33)30(20(16)32)11-7-12-34-36-26)27-19(29)17(31)14-8-6-9-15(13-14)35-22(23,24)25/h3-6,8-9,13,36H,1,7,10-12H2,2H3/b5-4+. The van der Waals surface area contributed by atoms with Crippen LogP contribution in [0.25, 0.3) is 11.2 Å².